The Balaban J connectivity index is 0.000000183. The highest BCUT2D eigenvalue weighted by Crippen LogP contribution is 2.11. The van der Waals surface area contributed by atoms with Crippen molar-refractivity contribution >= 4 is 17.7 Å². The topological polar surface area (TPSA) is 26.3 Å². The van der Waals surface area contributed by atoms with Crippen LogP contribution in [0.5, 0.6) is 0 Å². The molecule has 3 heteroatoms. The van der Waals surface area contributed by atoms with Gasteiger partial charge in [-0.1, -0.05) is 6.08 Å². The molecule has 0 aromatic heterocycles. The maximum Gasteiger partial charge on any atom is 0.302 e. The number of allylic oxidation sites excluding steroid dienone is 1. The third kappa shape index (κ3) is 9.56. The number of ether oxygens (including phenoxy) is 1. The lowest BCUT2D eigenvalue weighted by molar-refractivity contribution is -0.140. The van der Waals surface area contributed by atoms with Crippen molar-refractivity contribution in [2.45, 2.75) is 20.3 Å². The lowest BCUT2D eigenvalue weighted by Gasteiger charge is -1.89. The summed E-state index contributed by atoms with van der Waals surface area (Å²) in [7, 11) is 0. The van der Waals surface area contributed by atoms with Crippen molar-refractivity contribution in [2.24, 2.45) is 0 Å². The quantitative estimate of drug-likeness (QED) is 0.570. The van der Waals surface area contributed by atoms with Gasteiger partial charge in [0.1, 0.15) is 0 Å². The molecule has 0 N–H and O–H groups in total. The van der Waals surface area contributed by atoms with E-state index in [1.165, 1.54) is 19.1 Å². The van der Waals surface area contributed by atoms with Crippen molar-refractivity contribution in [2.75, 3.05) is 12.4 Å². The monoisotopic (exact) mass is 174 g/mol. The van der Waals surface area contributed by atoms with Gasteiger partial charge in [-0.2, -0.15) is 0 Å². The van der Waals surface area contributed by atoms with E-state index in [9.17, 15) is 4.79 Å². The molecule has 1 rings (SSSR count). The van der Waals surface area contributed by atoms with E-state index in [0.717, 1.165) is 0 Å². The third-order valence-corrected chi connectivity index (χ3v) is 1.80. The summed E-state index contributed by atoms with van der Waals surface area (Å²) in [5, 5.41) is 2.15. The Bertz CT molecular complexity index is 126. The first-order chi connectivity index (χ1) is 5.27. The Labute approximate surface area is 72.0 Å². The minimum absolute atomic E-state index is 0.211. The van der Waals surface area contributed by atoms with Crippen LogP contribution >= 0.6 is 11.8 Å². The molecule has 0 bridgehead atoms. The van der Waals surface area contributed by atoms with Gasteiger partial charge < -0.3 is 4.74 Å². The fraction of sp³-hybridized carbons (Fsp3) is 0.625. The highest BCUT2D eigenvalue weighted by Gasteiger charge is 1.85. The highest BCUT2D eigenvalue weighted by atomic mass is 32.2. The second kappa shape index (κ2) is 7.66. The Morgan fingerprint density at radius 3 is 2.55 bits per heavy atom. The van der Waals surface area contributed by atoms with E-state index >= 15 is 0 Å². The van der Waals surface area contributed by atoms with Crippen LogP contribution in [-0.4, -0.2) is 18.3 Å². The predicted molar refractivity (Wildman–Crippen MR) is 48.5 cm³/mol. The summed E-state index contributed by atoms with van der Waals surface area (Å²) in [4.78, 5) is 9.82. The average Bonchev–Trinajstić information content (AvgIpc) is 2.41. The molecule has 0 saturated carbocycles. The molecule has 0 amide bonds. The molecule has 0 aromatic rings. The van der Waals surface area contributed by atoms with Gasteiger partial charge in [0.25, 0.3) is 0 Å². The zero-order valence-electron chi connectivity index (χ0n) is 7.00. The van der Waals surface area contributed by atoms with Crippen LogP contribution in [-0.2, 0) is 9.53 Å². The van der Waals surface area contributed by atoms with Crippen LogP contribution in [0.2, 0.25) is 0 Å². The second-order valence-electron chi connectivity index (χ2n) is 1.96. The maximum absolute atomic E-state index is 9.82. The molecule has 1 heterocycles. The summed E-state index contributed by atoms with van der Waals surface area (Å²) in [6.45, 7) is 3.65. The number of hydrogen-bond donors (Lipinski definition) is 0. The zero-order chi connectivity index (χ0) is 8.53. The number of carbonyl (C=O) groups is 1. The van der Waals surface area contributed by atoms with Crippen LogP contribution < -0.4 is 0 Å². The Morgan fingerprint density at radius 1 is 1.73 bits per heavy atom. The summed E-state index contributed by atoms with van der Waals surface area (Å²) in [5.41, 5.74) is 0. The van der Waals surface area contributed by atoms with Crippen LogP contribution in [0.4, 0.5) is 0 Å². The summed E-state index contributed by atoms with van der Waals surface area (Å²) in [5.74, 6) is 1.09. The number of thioether (sulfide) groups is 1. The molecule has 0 saturated heterocycles. The minimum atomic E-state index is -0.211. The molecule has 11 heavy (non-hydrogen) atoms. The lowest BCUT2D eigenvalue weighted by Crippen LogP contribution is -1.95. The first-order valence-electron chi connectivity index (χ1n) is 3.67. The van der Waals surface area contributed by atoms with E-state index in [1.54, 1.807) is 6.92 Å². The summed E-state index contributed by atoms with van der Waals surface area (Å²) in [6, 6.07) is 0. The first-order valence-corrected chi connectivity index (χ1v) is 4.72. The molecule has 0 fully saturated rings. The van der Waals surface area contributed by atoms with Gasteiger partial charge in [0, 0.05) is 12.7 Å². The van der Waals surface area contributed by atoms with E-state index in [2.05, 4.69) is 16.2 Å². The molecule has 0 aliphatic carbocycles. The van der Waals surface area contributed by atoms with E-state index in [4.69, 9.17) is 0 Å². The SMILES string of the molecule is C1=CSCC1.CCOC(C)=O. The van der Waals surface area contributed by atoms with Crippen molar-refractivity contribution in [3.05, 3.63) is 11.5 Å². The molecule has 0 spiro atoms. The lowest BCUT2D eigenvalue weighted by atomic mass is 10.5. The first kappa shape index (κ1) is 10.6. The minimum Gasteiger partial charge on any atom is -0.466 e. The Kier molecular flexibility index (Phi) is 7.36. The summed E-state index contributed by atoms with van der Waals surface area (Å²) >= 11 is 1.89. The smallest absolute Gasteiger partial charge is 0.302 e. The normalized spacial score (nSPS) is 13.6. The molecule has 0 aromatic carbocycles. The Morgan fingerprint density at radius 2 is 2.45 bits per heavy atom. The van der Waals surface area contributed by atoms with Crippen molar-refractivity contribution < 1.29 is 9.53 Å². The molecule has 0 radical (unpaired) electrons. The third-order valence-electron chi connectivity index (χ3n) is 0.942. The summed E-state index contributed by atoms with van der Waals surface area (Å²) < 4.78 is 4.40. The van der Waals surface area contributed by atoms with Crippen molar-refractivity contribution in [3.63, 3.8) is 0 Å². The molecule has 1 aliphatic rings. The van der Waals surface area contributed by atoms with Crippen LogP contribution in [0, 0.1) is 0 Å². The predicted octanol–water partition coefficient (Wildman–Crippen LogP) is 2.21. The molecule has 1 aliphatic heterocycles. The van der Waals surface area contributed by atoms with Gasteiger partial charge in [-0.3, -0.25) is 4.79 Å². The van der Waals surface area contributed by atoms with Gasteiger partial charge in [-0.05, 0) is 18.8 Å². The van der Waals surface area contributed by atoms with Crippen molar-refractivity contribution in [1.82, 2.24) is 0 Å². The van der Waals surface area contributed by atoms with Crippen molar-refractivity contribution in [3.8, 4) is 0 Å². The molecule has 2 nitrogen and oxygen atoms in total. The fourth-order valence-electron chi connectivity index (χ4n) is 0.543. The average molecular weight is 174 g/mol. The standard InChI is InChI=1S/C4H8O2.C4H6S/c1-3-6-4(2)5;1-2-4-5-3-1/h3H2,1-2H3;1,3H,2,4H2. The van der Waals surface area contributed by atoms with Gasteiger partial charge in [0.2, 0.25) is 0 Å². The number of rotatable bonds is 1. The molecule has 64 valence electrons. The molecule has 0 unspecified atom stereocenters. The second-order valence-corrected chi connectivity index (χ2v) is 2.97. The van der Waals surface area contributed by atoms with Gasteiger partial charge in [-0.15, -0.1) is 11.8 Å². The van der Waals surface area contributed by atoms with Crippen LogP contribution in [0.25, 0.3) is 0 Å². The molecular weight excluding hydrogens is 160 g/mol. The van der Waals surface area contributed by atoms with Gasteiger partial charge in [-0.25, -0.2) is 0 Å². The number of hydrogen-bond acceptors (Lipinski definition) is 3. The number of carbonyl (C=O) groups excluding carboxylic acids is 1. The van der Waals surface area contributed by atoms with Crippen LogP contribution in [0.3, 0.4) is 0 Å². The fourth-order valence-corrected chi connectivity index (χ4v) is 1.22. The van der Waals surface area contributed by atoms with E-state index in [0.29, 0.717) is 6.61 Å². The van der Waals surface area contributed by atoms with Crippen molar-refractivity contribution in [1.29, 1.82) is 0 Å². The van der Waals surface area contributed by atoms with Gasteiger partial charge in [0.05, 0.1) is 6.61 Å². The number of esters is 1. The molecule has 0 atom stereocenters. The largest absolute Gasteiger partial charge is 0.466 e. The van der Waals surface area contributed by atoms with Crippen LogP contribution in [0.1, 0.15) is 20.3 Å². The maximum atomic E-state index is 9.82. The van der Waals surface area contributed by atoms with Gasteiger partial charge >= 0.3 is 5.97 Å². The zero-order valence-corrected chi connectivity index (χ0v) is 7.82. The summed E-state index contributed by atoms with van der Waals surface area (Å²) in [6.07, 6.45) is 3.48. The van der Waals surface area contributed by atoms with Gasteiger partial charge in [0.15, 0.2) is 0 Å². The Hall–Kier alpha value is -0.440. The molecular formula is C8H14O2S. The van der Waals surface area contributed by atoms with E-state index in [1.807, 2.05) is 11.8 Å². The highest BCUT2D eigenvalue weighted by molar-refractivity contribution is 8.02. The van der Waals surface area contributed by atoms with Crippen LogP contribution in [0.15, 0.2) is 11.5 Å². The van der Waals surface area contributed by atoms with E-state index in [-0.39, 0.29) is 5.97 Å². The van der Waals surface area contributed by atoms with E-state index < -0.39 is 0 Å².